The molecule has 4 aliphatic rings. The first-order chi connectivity index (χ1) is 18.8. The predicted molar refractivity (Wildman–Crippen MR) is 138 cm³/mol. The Morgan fingerprint density at radius 1 is 1.15 bits per heavy atom. The third-order valence-corrected chi connectivity index (χ3v) is 8.09. The zero-order chi connectivity index (χ0) is 29.4. The molecule has 2 saturated heterocycles. The number of carbonyl (C=O) groups is 5. The number of aliphatic imine (C=N–C) groups is 1. The summed E-state index contributed by atoms with van der Waals surface area (Å²) in [6.45, 7) is 1.45. The Labute approximate surface area is 230 Å². The smallest absolute Gasteiger partial charge is 0.312 e. The number of aryl methyl sites for hydroxylation is 1. The summed E-state index contributed by atoms with van der Waals surface area (Å²) in [6.07, 6.45) is 0.0216. The van der Waals surface area contributed by atoms with Crippen molar-refractivity contribution in [3.05, 3.63) is 35.1 Å². The predicted octanol–water partition coefficient (Wildman–Crippen LogP) is 0.527. The van der Waals surface area contributed by atoms with Gasteiger partial charge in [-0.2, -0.15) is 0 Å². The summed E-state index contributed by atoms with van der Waals surface area (Å²) >= 11 is 0. The van der Waals surface area contributed by atoms with E-state index in [1.54, 1.807) is 6.92 Å². The van der Waals surface area contributed by atoms with Crippen molar-refractivity contribution in [2.24, 2.45) is 4.99 Å². The number of hydrogen-bond acceptors (Lipinski definition) is 7. The normalized spacial score (nSPS) is 25.6. The van der Waals surface area contributed by atoms with E-state index in [0.29, 0.717) is 11.1 Å². The van der Waals surface area contributed by atoms with Crippen LogP contribution in [0.25, 0.3) is 0 Å². The number of ether oxygens (including phenoxy) is 1. The van der Waals surface area contributed by atoms with Crippen molar-refractivity contribution in [2.75, 3.05) is 40.9 Å². The number of methoxy groups -OCH3 is 1. The molecule has 3 heterocycles. The van der Waals surface area contributed by atoms with E-state index in [1.807, 2.05) is 0 Å². The van der Waals surface area contributed by atoms with Crippen LogP contribution in [0.2, 0.25) is 0 Å². The van der Waals surface area contributed by atoms with Gasteiger partial charge in [-0.1, -0.05) is 12.1 Å². The number of nitrogens with zero attached hydrogens (tertiary/aromatic N) is 4. The number of alkyl halides is 1. The molecule has 11 nitrogen and oxygen atoms in total. The largest absolute Gasteiger partial charge is 0.383 e. The number of rotatable bonds is 7. The van der Waals surface area contributed by atoms with Crippen molar-refractivity contribution in [1.82, 2.24) is 20.0 Å². The summed E-state index contributed by atoms with van der Waals surface area (Å²) in [5.74, 6) is -5.29. The van der Waals surface area contributed by atoms with E-state index >= 15 is 4.39 Å². The van der Waals surface area contributed by atoms with Crippen LogP contribution in [0.3, 0.4) is 0 Å². The molecule has 0 radical (unpaired) electrons. The highest BCUT2D eigenvalue weighted by Crippen LogP contribution is 2.47. The number of ketones is 1. The molecule has 0 spiro atoms. The summed E-state index contributed by atoms with van der Waals surface area (Å²) in [7, 11) is 4.29. The molecule has 216 valence electrons. The number of Topliss-reactive ketones (excluding diaryl/α,β-unsaturated/α-hetero) is 1. The molecular weight excluding hydrogens is 528 g/mol. The second-order valence-corrected chi connectivity index (χ2v) is 10.7. The van der Waals surface area contributed by atoms with Gasteiger partial charge in [-0.3, -0.25) is 28.9 Å². The van der Waals surface area contributed by atoms with E-state index in [4.69, 9.17) is 4.74 Å². The highest BCUT2D eigenvalue weighted by atomic mass is 19.1. The van der Waals surface area contributed by atoms with Gasteiger partial charge < -0.3 is 19.9 Å². The Morgan fingerprint density at radius 2 is 1.82 bits per heavy atom. The van der Waals surface area contributed by atoms with Crippen molar-refractivity contribution < 1.29 is 37.5 Å². The molecule has 0 aromatic heterocycles. The first-order valence-electron chi connectivity index (χ1n) is 13.0. The molecule has 1 aromatic rings. The number of hydrogen-bond donors (Lipinski definition) is 1. The van der Waals surface area contributed by atoms with Gasteiger partial charge >= 0.3 is 11.8 Å². The van der Waals surface area contributed by atoms with Crippen LogP contribution in [0.4, 0.5) is 8.78 Å². The molecule has 1 aliphatic carbocycles. The van der Waals surface area contributed by atoms with Gasteiger partial charge in [0.05, 0.1) is 13.2 Å². The third-order valence-electron chi connectivity index (χ3n) is 8.09. The van der Waals surface area contributed by atoms with Crippen molar-refractivity contribution in [2.45, 2.75) is 56.4 Å². The first-order valence-corrected chi connectivity index (χ1v) is 13.0. The van der Waals surface area contributed by atoms with Crippen molar-refractivity contribution in [3.8, 4) is 0 Å². The fourth-order valence-electron chi connectivity index (χ4n) is 5.49. The van der Waals surface area contributed by atoms with Gasteiger partial charge in [0.1, 0.15) is 22.9 Å². The number of likely N-dealkylation sites (N-methyl/N-ethyl adjacent to an activating group) is 2. The maximum atomic E-state index is 15.7. The Kier molecular flexibility index (Phi) is 8.06. The third kappa shape index (κ3) is 5.21. The molecular formula is C27H33F2N5O6. The second kappa shape index (κ2) is 11.0. The molecule has 4 amide bonds. The topological polar surface area (TPSA) is 129 Å². The minimum absolute atomic E-state index is 0.0317. The minimum Gasteiger partial charge on any atom is -0.383 e. The number of carbonyl (C=O) groups excluding carboxylic acids is 5. The molecule has 40 heavy (non-hydrogen) atoms. The van der Waals surface area contributed by atoms with Gasteiger partial charge in [-0.15, -0.1) is 0 Å². The quantitative estimate of drug-likeness (QED) is 0.382. The average Bonchev–Trinajstić information content (AvgIpc) is 3.15. The highest BCUT2D eigenvalue weighted by Gasteiger charge is 2.60. The second-order valence-electron chi connectivity index (χ2n) is 10.7. The summed E-state index contributed by atoms with van der Waals surface area (Å²) in [5.41, 5.74) is -2.25. The Balaban J connectivity index is 1.66. The van der Waals surface area contributed by atoms with E-state index in [9.17, 15) is 28.4 Å². The Bertz CT molecular complexity index is 1280. The Morgan fingerprint density at radius 3 is 2.45 bits per heavy atom. The molecule has 1 atom stereocenters. The van der Waals surface area contributed by atoms with Crippen LogP contribution in [0.5, 0.6) is 0 Å². The SMILES string of the molecule is COCCN(C)C(=O)C(=O)N(C)C12CCC(F)(CC1)CN1C(=O)C(=O)C(C(=O)NCc3ccc(F)c(C)c3)N=C12. The monoisotopic (exact) mass is 561 g/mol. The standard InChI is InChI=1S/C27H33F2N5O6/c1-16-13-17(5-6-18(16)28)14-30-21(36)19-20(35)22(37)34-15-26(29)7-9-27(10-8-26,25(34)31-19)33(3)24(39)23(38)32(2)11-12-40-4/h5-6,13,19H,7-12,14-15H2,1-4H3,(H,30,36). The maximum Gasteiger partial charge on any atom is 0.312 e. The summed E-state index contributed by atoms with van der Waals surface area (Å²) in [5, 5.41) is 2.56. The summed E-state index contributed by atoms with van der Waals surface area (Å²) in [4.78, 5) is 73.3. The van der Waals surface area contributed by atoms with Crippen LogP contribution < -0.4 is 5.32 Å². The molecule has 1 aromatic carbocycles. The lowest BCUT2D eigenvalue weighted by Crippen LogP contribution is -2.65. The van der Waals surface area contributed by atoms with Crippen LogP contribution in [0.15, 0.2) is 23.2 Å². The van der Waals surface area contributed by atoms with E-state index in [0.717, 1.165) is 9.80 Å². The van der Waals surface area contributed by atoms with Gasteiger partial charge in [0, 0.05) is 34.3 Å². The van der Waals surface area contributed by atoms with E-state index in [-0.39, 0.29) is 51.2 Å². The maximum absolute atomic E-state index is 15.7. The van der Waals surface area contributed by atoms with E-state index in [1.165, 1.54) is 44.3 Å². The molecule has 5 rings (SSSR count). The number of fused-ring (bicyclic) bond motifs is 2. The lowest BCUT2D eigenvalue weighted by Gasteiger charge is -2.46. The van der Waals surface area contributed by atoms with E-state index in [2.05, 4.69) is 10.3 Å². The van der Waals surface area contributed by atoms with Gasteiger partial charge in [-0.05, 0) is 49.8 Å². The van der Waals surface area contributed by atoms with Crippen LogP contribution in [-0.4, -0.2) is 108 Å². The molecule has 1 saturated carbocycles. The lowest BCUT2D eigenvalue weighted by atomic mass is 9.75. The van der Waals surface area contributed by atoms with Crippen LogP contribution in [0.1, 0.15) is 36.8 Å². The Hall–Kier alpha value is -3.74. The van der Waals surface area contributed by atoms with Crippen molar-refractivity contribution in [1.29, 1.82) is 0 Å². The minimum atomic E-state index is -1.81. The summed E-state index contributed by atoms with van der Waals surface area (Å²) in [6, 6.07) is 2.51. The molecule has 13 heteroatoms. The van der Waals surface area contributed by atoms with Gasteiger partial charge in [-0.25, -0.2) is 13.8 Å². The van der Waals surface area contributed by atoms with Crippen molar-refractivity contribution >= 4 is 35.2 Å². The van der Waals surface area contributed by atoms with Gasteiger partial charge in [0.25, 0.3) is 17.6 Å². The van der Waals surface area contributed by atoms with E-state index < -0.39 is 59.0 Å². The molecule has 1 unspecified atom stereocenters. The number of halogens is 2. The van der Waals surface area contributed by atoms with Crippen LogP contribution >= 0.6 is 0 Å². The zero-order valence-electron chi connectivity index (χ0n) is 23.0. The van der Waals surface area contributed by atoms with Crippen LogP contribution in [0, 0.1) is 12.7 Å². The van der Waals surface area contributed by atoms with Gasteiger partial charge in [0.15, 0.2) is 6.04 Å². The fourth-order valence-corrected chi connectivity index (χ4v) is 5.49. The van der Waals surface area contributed by atoms with Gasteiger partial charge in [0.2, 0.25) is 0 Å². The number of amides is 4. The first kappa shape index (κ1) is 29.2. The molecule has 3 fully saturated rings. The number of nitrogens with one attached hydrogen (secondary N) is 1. The highest BCUT2D eigenvalue weighted by molar-refractivity contribution is 6.46. The fraction of sp³-hybridized carbons (Fsp3) is 0.556. The molecule has 3 aliphatic heterocycles. The zero-order valence-corrected chi connectivity index (χ0v) is 23.0. The lowest BCUT2D eigenvalue weighted by molar-refractivity contribution is -0.153. The molecule has 1 N–H and O–H groups in total. The number of benzene rings is 1. The van der Waals surface area contributed by atoms with Crippen LogP contribution in [-0.2, 0) is 35.3 Å². The number of amidine groups is 1. The molecule has 2 bridgehead atoms. The average molecular weight is 562 g/mol. The summed E-state index contributed by atoms with van der Waals surface area (Å²) < 4.78 is 34.3. The van der Waals surface area contributed by atoms with Crippen molar-refractivity contribution in [3.63, 3.8) is 0 Å².